The van der Waals surface area contributed by atoms with Crippen molar-refractivity contribution in [2.24, 2.45) is 0 Å². The van der Waals surface area contributed by atoms with Crippen LogP contribution in [0.15, 0.2) is 91.0 Å². The standard InChI is InChI=1S/C31H30N4O3/c1-3-34(4-2)29(36)20-35-28-17-11-9-15-23(28)24(21-12-6-5-7-13-21)19-27(31(35)38)33-30(37)26-18-22-14-8-10-16-25(22)32-26/h5-19,27,32H,3-4,20H2,1-2H3,(H,33,37). The monoisotopic (exact) mass is 506 g/mol. The predicted octanol–water partition coefficient (Wildman–Crippen LogP) is 4.61. The minimum atomic E-state index is -0.985. The van der Waals surface area contributed by atoms with Crippen LogP contribution >= 0.6 is 0 Å². The summed E-state index contributed by atoms with van der Waals surface area (Å²) in [6.45, 7) is 4.81. The lowest BCUT2D eigenvalue weighted by Crippen LogP contribution is -2.50. The van der Waals surface area contributed by atoms with Gasteiger partial charge < -0.3 is 20.1 Å². The maximum absolute atomic E-state index is 14.0. The van der Waals surface area contributed by atoms with E-state index in [-0.39, 0.29) is 18.4 Å². The van der Waals surface area contributed by atoms with Crippen molar-refractivity contribution in [1.29, 1.82) is 0 Å². The summed E-state index contributed by atoms with van der Waals surface area (Å²) in [5.74, 6) is -0.917. The van der Waals surface area contributed by atoms with Crippen LogP contribution in [-0.4, -0.2) is 53.3 Å². The quantitative estimate of drug-likeness (QED) is 0.384. The van der Waals surface area contributed by atoms with Crippen LogP contribution in [0.25, 0.3) is 16.5 Å². The summed E-state index contributed by atoms with van der Waals surface area (Å²) in [6, 6.07) is 25.7. The Kier molecular flexibility index (Phi) is 7.09. The summed E-state index contributed by atoms with van der Waals surface area (Å²) in [7, 11) is 0. The van der Waals surface area contributed by atoms with Crippen LogP contribution in [0.4, 0.5) is 5.69 Å². The third kappa shape index (κ3) is 4.83. The molecule has 4 aromatic rings. The Morgan fingerprint density at radius 3 is 2.34 bits per heavy atom. The van der Waals surface area contributed by atoms with Gasteiger partial charge in [0.05, 0.1) is 5.69 Å². The van der Waals surface area contributed by atoms with E-state index in [1.165, 1.54) is 4.90 Å². The first kappa shape index (κ1) is 25.0. The van der Waals surface area contributed by atoms with Crippen LogP contribution in [0.2, 0.25) is 0 Å². The minimum absolute atomic E-state index is 0.119. The molecule has 0 saturated heterocycles. The van der Waals surface area contributed by atoms with E-state index in [1.54, 1.807) is 17.0 Å². The van der Waals surface area contributed by atoms with Crippen LogP contribution in [0, 0.1) is 0 Å². The van der Waals surface area contributed by atoms with E-state index >= 15 is 0 Å². The van der Waals surface area contributed by atoms with E-state index in [1.807, 2.05) is 92.7 Å². The fourth-order valence-corrected chi connectivity index (χ4v) is 4.91. The highest BCUT2D eigenvalue weighted by atomic mass is 16.2. The summed E-state index contributed by atoms with van der Waals surface area (Å²) in [5, 5.41) is 3.82. The average Bonchev–Trinajstić information content (AvgIpc) is 3.35. The summed E-state index contributed by atoms with van der Waals surface area (Å²) in [4.78, 5) is 46.9. The van der Waals surface area contributed by atoms with Gasteiger partial charge in [0.25, 0.3) is 11.8 Å². The largest absolute Gasteiger partial charge is 0.351 e. The van der Waals surface area contributed by atoms with Gasteiger partial charge in [-0.25, -0.2) is 0 Å². The van der Waals surface area contributed by atoms with Gasteiger partial charge in [-0.3, -0.25) is 14.4 Å². The number of hydrogen-bond donors (Lipinski definition) is 2. The van der Waals surface area contributed by atoms with E-state index in [9.17, 15) is 14.4 Å². The minimum Gasteiger partial charge on any atom is -0.351 e. The van der Waals surface area contributed by atoms with Crippen molar-refractivity contribution < 1.29 is 14.4 Å². The van der Waals surface area contributed by atoms with Crippen LogP contribution < -0.4 is 10.2 Å². The molecule has 1 unspecified atom stereocenters. The Hall–Kier alpha value is -4.65. The van der Waals surface area contributed by atoms with E-state index in [4.69, 9.17) is 0 Å². The van der Waals surface area contributed by atoms with Gasteiger partial charge >= 0.3 is 0 Å². The molecule has 5 rings (SSSR count). The molecule has 2 N–H and O–H groups in total. The summed E-state index contributed by atoms with van der Waals surface area (Å²) >= 11 is 0. The number of aromatic nitrogens is 1. The molecular weight excluding hydrogens is 476 g/mol. The first-order valence-corrected chi connectivity index (χ1v) is 12.8. The molecule has 38 heavy (non-hydrogen) atoms. The maximum Gasteiger partial charge on any atom is 0.268 e. The van der Waals surface area contributed by atoms with Crippen molar-refractivity contribution in [1.82, 2.24) is 15.2 Å². The number of fused-ring (bicyclic) bond motifs is 2. The number of nitrogens with zero attached hydrogens (tertiary/aromatic N) is 2. The number of amides is 3. The molecule has 0 bridgehead atoms. The molecule has 1 aliphatic heterocycles. The van der Waals surface area contributed by atoms with Gasteiger partial charge in [-0.1, -0.05) is 66.7 Å². The number of rotatable bonds is 7. The first-order chi connectivity index (χ1) is 18.5. The second-order valence-corrected chi connectivity index (χ2v) is 9.18. The zero-order valence-electron chi connectivity index (χ0n) is 21.5. The maximum atomic E-state index is 14.0. The molecule has 1 atom stereocenters. The molecule has 7 nitrogen and oxygen atoms in total. The molecule has 0 saturated carbocycles. The van der Waals surface area contributed by atoms with Gasteiger partial charge in [0.1, 0.15) is 18.3 Å². The normalized spacial score (nSPS) is 15.0. The topological polar surface area (TPSA) is 85.5 Å². The molecule has 3 aromatic carbocycles. The molecule has 1 aliphatic rings. The van der Waals surface area contributed by atoms with Crippen LogP contribution in [0.5, 0.6) is 0 Å². The van der Waals surface area contributed by atoms with E-state index in [0.717, 1.165) is 27.6 Å². The fraction of sp³-hybridized carbons (Fsp3) is 0.194. The molecule has 0 fully saturated rings. The predicted molar refractivity (Wildman–Crippen MR) is 150 cm³/mol. The highest BCUT2D eigenvalue weighted by molar-refractivity contribution is 6.10. The lowest BCUT2D eigenvalue weighted by atomic mass is 9.95. The molecule has 0 aliphatic carbocycles. The lowest BCUT2D eigenvalue weighted by Gasteiger charge is -2.28. The Morgan fingerprint density at radius 1 is 0.921 bits per heavy atom. The molecular formula is C31H30N4O3. The van der Waals surface area contributed by atoms with E-state index in [0.29, 0.717) is 24.5 Å². The number of anilines is 1. The Morgan fingerprint density at radius 2 is 1.61 bits per heavy atom. The Labute approximate surface area is 221 Å². The van der Waals surface area contributed by atoms with Crippen molar-refractivity contribution >= 4 is 39.9 Å². The molecule has 1 aromatic heterocycles. The second-order valence-electron chi connectivity index (χ2n) is 9.18. The van der Waals surface area contributed by atoms with Gasteiger partial charge in [-0.2, -0.15) is 0 Å². The highest BCUT2D eigenvalue weighted by Gasteiger charge is 2.33. The first-order valence-electron chi connectivity index (χ1n) is 12.8. The smallest absolute Gasteiger partial charge is 0.268 e. The Bertz CT molecular complexity index is 1490. The Balaban J connectivity index is 1.57. The second kappa shape index (κ2) is 10.8. The van der Waals surface area contributed by atoms with Crippen molar-refractivity contribution in [3.05, 3.63) is 108 Å². The van der Waals surface area contributed by atoms with E-state index in [2.05, 4.69) is 10.3 Å². The number of H-pyrrole nitrogens is 1. The van der Waals surface area contributed by atoms with Crippen molar-refractivity contribution in [2.75, 3.05) is 24.5 Å². The fourth-order valence-electron chi connectivity index (χ4n) is 4.91. The zero-order chi connectivity index (χ0) is 26.6. The van der Waals surface area contributed by atoms with Crippen molar-refractivity contribution in [3.8, 4) is 0 Å². The number of carbonyl (C=O) groups excluding carboxylic acids is 3. The molecule has 0 spiro atoms. The molecule has 3 amide bonds. The van der Waals surface area contributed by atoms with Gasteiger partial charge in [0, 0.05) is 29.6 Å². The van der Waals surface area contributed by atoms with Gasteiger partial charge in [0.15, 0.2) is 0 Å². The number of likely N-dealkylation sites (N-methyl/N-ethyl adjacent to an activating group) is 1. The number of carbonyl (C=O) groups is 3. The number of benzene rings is 3. The van der Waals surface area contributed by atoms with Crippen LogP contribution in [-0.2, 0) is 9.59 Å². The number of para-hydroxylation sites is 2. The third-order valence-electron chi connectivity index (χ3n) is 6.91. The van der Waals surface area contributed by atoms with Crippen LogP contribution in [0.3, 0.4) is 0 Å². The number of aromatic amines is 1. The molecule has 192 valence electrons. The van der Waals surface area contributed by atoms with Crippen molar-refractivity contribution in [2.45, 2.75) is 19.9 Å². The average molecular weight is 507 g/mol. The molecule has 2 heterocycles. The summed E-state index contributed by atoms with van der Waals surface area (Å²) < 4.78 is 0. The van der Waals surface area contributed by atoms with Gasteiger partial charge in [-0.15, -0.1) is 0 Å². The number of hydrogen-bond acceptors (Lipinski definition) is 3. The number of nitrogens with one attached hydrogen (secondary N) is 2. The SMILES string of the molecule is CCN(CC)C(=O)CN1C(=O)C(NC(=O)c2cc3ccccc3[nH]2)C=C(c2ccccc2)c2ccccc21. The lowest BCUT2D eigenvalue weighted by molar-refractivity contribution is -0.131. The third-order valence-corrected chi connectivity index (χ3v) is 6.91. The molecule has 0 radical (unpaired) electrons. The van der Waals surface area contributed by atoms with Gasteiger partial charge in [0.2, 0.25) is 5.91 Å². The zero-order valence-corrected chi connectivity index (χ0v) is 21.5. The highest BCUT2D eigenvalue weighted by Crippen LogP contribution is 2.35. The summed E-state index contributed by atoms with van der Waals surface area (Å²) in [6.07, 6.45) is 1.79. The summed E-state index contributed by atoms with van der Waals surface area (Å²) in [5.41, 5.74) is 4.38. The molecule has 7 heteroatoms. The van der Waals surface area contributed by atoms with Crippen molar-refractivity contribution in [3.63, 3.8) is 0 Å². The van der Waals surface area contributed by atoms with E-state index < -0.39 is 11.9 Å². The van der Waals surface area contributed by atoms with Gasteiger partial charge in [-0.05, 0) is 49.3 Å². The van der Waals surface area contributed by atoms with Crippen LogP contribution in [0.1, 0.15) is 35.5 Å².